The first-order valence-corrected chi connectivity index (χ1v) is 9.53. The Bertz CT molecular complexity index is 927. The van der Waals surface area contributed by atoms with Gasteiger partial charge in [-0.25, -0.2) is 13.1 Å². The van der Waals surface area contributed by atoms with Crippen molar-refractivity contribution in [3.63, 3.8) is 0 Å². The molecule has 0 radical (unpaired) electrons. The van der Waals surface area contributed by atoms with E-state index in [4.69, 9.17) is 0 Å². The molecule has 2 aromatic rings. The van der Waals surface area contributed by atoms with Crippen LogP contribution in [0.5, 0.6) is 0 Å². The number of nitrogens with one attached hydrogen (secondary N) is 2. The lowest BCUT2D eigenvalue weighted by Crippen LogP contribution is -2.40. The Morgan fingerprint density at radius 3 is 2.04 bits per heavy atom. The van der Waals surface area contributed by atoms with Crippen molar-refractivity contribution in [2.24, 2.45) is 0 Å². The van der Waals surface area contributed by atoms with Gasteiger partial charge in [0.25, 0.3) is 5.91 Å². The predicted octanol–water partition coefficient (Wildman–Crippen LogP) is 3.22. The average Bonchev–Trinajstić information content (AvgIpc) is 2.53. The molecule has 0 spiro atoms. The Kier molecular flexibility index (Phi) is 5.63. The van der Waals surface area contributed by atoms with E-state index in [1.54, 1.807) is 45.0 Å². The maximum absolute atomic E-state index is 12.4. The topological polar surface area (TPSA) is 92.3 Å². The van der Waals surface area contributed by atoms with Crippen LogP contribution in [0.15, 0.2) is 53.4 Å². The van der Waals surface area contributed by atoms with Crippen LogP contribution in [0.4, 0.5) is 5.69 Å². The van der Waals surface area contributed by atoms with Crippen LogP contribution in [-0.4, -0.2) is 25.6 Å². The summed E-state index contributed by atoms with van der Waals surface area (Å²) in [7, 11) is -3.66. The Hall–Kier alpha value is -2.51. The molecule has 26 heavy (non-hydrogen) atoms. The second kappa shape index (κ2) is 7.39. The first kappa shape index (κ1) is 19.8. The lowest BCUT2D eigenvalue weighted by molar-refractivity contribution is 0.101. The molecule has 0 fully saturated rings. The zero-order valence-electron chi connectivity index (χ0n) is 15.2. The highest BCUT2D eigenvalue weighted by atomic mass is 32.2. The van der Waals surface area contributed by atoms with Gasteiger partial charge in [0, 0.05) is 16.7 Å². The summed E-state index contributed by atoms with van der Waals surface area (Å²) in [6.45, 7) is 6.67. The minimum absolute atomic E-state index is 0.0770. The fourth-order valence-electron chi connectivity index (χ4n) is 2.34. The predicted molar refractivity (Wildman–Crippen MR) is 101 cm³/mol. The van der Waals surface area contributed by atoms with Gasteiger partial charge in [0.2, 0.25) is 10.0 Å². The van der Waals surface area contributed by atoms with Gasteiger partial charge in [0.05, 0.1) is 10.6 Å². The highest BCUT2D eigenvalue weighted by molar-refractivity contribution is 7.89. The van der Waals surface area contributed by atoms with Gasteiger partial charge in [-0.15, -0.1) is 0 Å². The summed E-state index contributed by atoms with van der Waals surface area (Å²) in [6.07, 6.45) is 0. The molecule has 0 aliphatic heterocycles. The zero-order chi connectivity index (χ0) is 19.5. The number of amides is 1. The molecule has 0 unspecified atom stereocenters. The van der Waals surface area contributed by atoms with Crippen LogP contribution in [0.3, 0.4) is 0 Å². The van der Waals surface area contributed by atoms with Crippen LogP contribution >= 0.6 is 0 Å². The van der Waals surface area contributed by atoms with Gasteiger partial charge >= 0.3 is 0 Å². The molecule has 138 valence electrons. The Labute approximate surface area is 153 Å². The third kappa shape index (κ3) is 5.00. The standard InChI is InChI=1S/C19H22N2O4S/c1-13(22)16-7-5-6-8-17(16)20-18(23)14-9-11-15(12-10-14)26(24,25)21-19(2,3)4/h5-12,21H,1-4H3,(H,20,23). The van der Waals surface area contributed by atoms with Crippen molar-refractivity contribution in [2.45, 2.75) is 38.1 Å². The monoisotopic (exact) mass is 374 g/mol. The number of anilines is 1. The second-order valence-electron chi connectivity index (χ2n) is 6.94. The van der Waals surface area contributed by atoms with Gasteiger partial charge in [-0.2, -0.15) is 0 Å². The van der Waals surface area contributed by atoms with Crippen LogP contribution in [0.2, 0.25) is 0 Å². The number of Topliss-reactive ketones (excluding diaryl/α,β-unsaturated/α-hetero) is 1. The van der Waals surface area contributed by atoms with Gasteiger partial charge < -0.3 is 5.32 Å². The Morgan fingerprint density at radius 2 is 1.50 bits per heavy atom. The maximum Gasteiger partial charge on any atom is 0.255 e. The molecule has 0 saturated heterocycles. The summed E-state index contributed by atoms with van der Waals surface area (Å²) >= 11 is 0. The summed E-state index contributed by atoms with van der Waals surface area (Å²) in [5, 5.41) is 2.68. The van der Waals surface area contributed by atoms with Crippen molar-refractivity contribution in [2.75, 3.05) is 5.32 Å². The molecule has 0 heterocycles. The minimum Gasteiger partial charge on any atom is -0.321 e. The van der Waals surface area contributed by atoms with Crippen LogP contribution in [-0.2, 0) is 10.0 Å². The zero-order valence-corrected chi connectivity index (χ0v) is 16.0. The SMILES string of the molecule is CC(=O)c1ccccc1NC(=O)c1ccc(S(=O)(=O)NC(C)(C)C)cc1. The molecular formula is C19H22N2O4S. The molecular weight excluding hydrogens is 352 g/mol. The smallest absolute Gasteiger partial charge is 0.255 e. The van der Waals surface area contributed by atoms with Gasteiger partial charge in [-0.05, 0) is 64.1 Å². The van der Waals surface area contributed by atoms with Crippen molar-refractivity contribution < 1.29 is 18.0 Å². The van der Waals surface area contributed by atoms with E-state index >= 15 is 0 Å². The van der Waals surface area contributed by atoms with Crippen molar-refractivity contribution in [3.8, 4) is 0 Å². The van der Waals surface area contributed by atoms with E-state index in [9.17, 15) is 18.0 Å². The van der Waals surface area contributed by atoms with Crippen molar-refractivity contribution in [1.82, 2.24) is 4.72 Å². The van der Waals surface area contributed by atoms with E-state index in [1.807, 2.05) is 0 Å². The molecule has 0 aromatic heterocycles. The van der Waals surface area contributed by atoms with Gasteiger partial charge in [0.15, 0.2) is 5.78 Å². The molecule has 7 heteroatoms. The molecule has 0 bridgehead atoms. The third-order valence-electron chi connectivity index (χ3n) is 3.42. The van der Waals surface area contributed by atoms with Crippen molar-refractivity contribution in [3.05, 3.63) is 59.7 Å². The first-order chi connectivity index (χ1) is 12.0. The second-order valence-corrected chi connectivity index (χ2v) is 8.62. The lowest BCUT2D eigenvalue weighted by Gasteiger charge is -2.20. The number of benzene rings is 2. The Morgan fingerprint density at radius 1 is 0.923 bits per heavy atom. The number of rotatable bonds is 5. The largest absolute Gasteiger partial charge is 0.321 e. The first-order valence-electron chi connectivity index (χ1n) is 8.05. The lowest BCUT2D eigenvalue weighted by atomic mass is 10.1. The number of para-hydroxylation sites is 1. The summed E-state index contributed by atoms with van der Waals surface area (Å²) in [5.74, 6) is -0.581. The molecule has 6 nitrogen and oxygen atoms in total. The normalized spacial score (nSPS) is 11.8. The van der Waals surface area contributed by atoms with E-state index in [0.29, 0.717) is 11.3 Å². The quantitative estimate of drug-likeness (QED) is 0.786. The molecule has 0 atom stereocenters. The van der Waals surface area contributed by atoms with E-state index in [1.165, 1.54) is 31.2 Å². The Balaban J connectivity index is 2.21. The molecule has 2 N–H and O–H groups in total. The van der Waals surface area contributed by atoms with Crippen molar-refractivity contribution >= 4 is 27.4 Å². The maximum atomic E-state index is 12.4. The number of hydrogen-bond donors (Lipinski definition) is 2. The van der Waals surface area contributed by atoms with Crippen LogP contribution in [0, 0.1) is 0 Å². The molecule has 0 aliphatic carbocycles. The number of carbonyl (C=O) groups is 2. The summed E-state index contributed by atoms with van der Waals surface area (Å²) in [4.78, 5) is 24.1. The van der Waals surface area contributed by atoms with Gasteiger partial charge in [-0.3, -0.25) is 9.59 Å². The minimum atomic E-state index is -3.66. The van der Waals surface area contributed by atoms with E-state index in [-0.39, 0.29) is 16.2 Å². The third-order valence-corrected chi connectivity index (χ3v) is 5.20. The molecule has 1 amide bonds. The number of sulfonamides is 1. The number of ketones is 1. The summed E-state index contributed by atoms with van der Waals surface area (Å²) < 4.78 is 27.1. The fraction of sp³-hybridized carbons (Fsp3) is 0.263. The number of hydrogen-bond acceptors (Lipinski definition) is 4. The van der Waals surface area contributed by atoms with E-state index in [0.717, 1.165) is 0 Å². The van der Waals surface area contributed by atoms with Crippen LogP contribution in [0.25, 0.3) is 0 Å². The van der Waals surface area contributed by atoms with E-state index < -0.39 is 21.5 Å². The molecule has 0 aliphatic rings. The number of carbonyl (C=O) groups excluding carboxylic acids is 2. The van der Waals surface area contributed by atoms with E-state index in [2.05, 4.69) is 10.0 Å². The molecule has 0 saturated carbocycles. The molecule has 2 aromatic carbocycles. The fourth-order valence-corrected chi connectivity index (χ4v) is 3.76. The van der Waals surface area contributed by atoms with Crippen molar-refractivity contribution in [1.29, 1.82) is 0 Å². The highest BCUT2D eigenvalue weighted by Gasteiger charge is 2.22. The van der Waals surface area contributed by atoms with Gasteiger partial charge in [-0.1, -0.05) is 12.1 Å². The summed E-state index contributed by atoms with van der Waals surface area (Å²) in [5.41, 5.74) is 0.509. The summed E-state index contributed by atoms with van der Waals surface area (Å²) in [6, 6.07) is 12.3. The average molecular weight is 374 g/mol. The van der Waals surface area contributed by atoms with Crippen LogP contribution < -0.4 is 10.0 Å². The highest BCUT2D eigenvalue weighted by Crippen LogP contribution is 2.18. The van der Waals surface area contributed by atoms with Gasteiger partial charge in [0.1, 0.15) is 0 Å². The molecule has 2 rings (SSSR count). The van der Waals surface area contributed by atoms with Crippen LogP contribution in [0.1, 0.15) is 48.4 Å².